The molecule has 0 aliphatic heterocycles. The van der Waals surface area contributed by atoms with E-state index in [0.29, 0.717) is 6.42 Å². The Kier molecular flexibility index (Phi) is 22.5. The summed E-state index contributed by atoms with van der Waals surface area (Å²) < 4.78 is 0. The molecule has 1 atom stereocenters. The molecule has 0 radical (unpaired) electrons. The number of aliphatic hydroxyl groups excluding tert-OH is 1. The van der Waals surface area contributed by atoms with Crippen molar-refractivity contribution in [2.24, 2.45) is 0 Å². The fraction of sp³-hybridized carbons (Fsp3) is 0.960. The van der Waals surface area contributed by atoms with Gasteiger partial charge in [0.25, 0.3) is 0 Å². The Balaban J connectivity index is 3.20. The lowest BCUT2D eigenvalue weighted by Gasteiger charge is -2.15. The molecule has 0 aromatic rings. The number of hydrogen-bond donors (Lipinski definition) is 4. The van der Waals surface area contributed by atoms with E-state index in [1.54, 1.807) is 0 Å². The minimum atomic E-state index is -1.77. The van der Waals surface area contributed by atoms with Crippen LogP contribution in [0, 0.1) is 0 Å². The lowest BCUT2D eigenvalue weighted by Crippen LogP contribution is -2.43. The first-order valence-electron chi connectivity index (χ1n) is 12.9. The van der Waals surface area contributed by atoms with Gasteiger partial charge in [-0.1, -0.05) is 135 Å². The number of carbonyl (C=O) groups is 1. The van der Waals surface area contributed by atoms with Crippen molar-refractivity contribution in [1.29, 1.82) is 0 Å². The Morgan fingerprint density at radius 3 is 1.17 bits per heavy atom. The van der Waals surface area contributed by atoms with Crippen LogP contribution in [-0.4, -0.2) is 33.7 Å². The smallest absolute Gasteiger partial charge is 0.320 e. The molecule has 0 saturated carbocycles. The maximum atomic E-state index is 11.0. The third-order valence-electron chi connectivity index (χ3n) is 5.99. The van der Waals surface area contributed by atoms with Crippen molar-refractivity contribution in [2.45, 2.75) is 154 Å². The first-order valence-corrected chi connectivity index (χ1v) is 12.9. The summed E-state index contributed by atoms with van der Waals surface area (Å²) in [5.74, 6) is -1.03. The molecule has 0 fully saturated rings. The normalized spacial score (nSPS) is 12.5. The van der Waals surface area contributed by atoms with Crippen molar-refractivity contribution in [1.82, 2.24) is 5.32 Å². The van der Waals surface area contributed by atoms with E-state index in [1.165, 1.54) is 109 Å². The summed E-state index contributed by atoms with van der Waals surface area (Å²) in [7, 11) is 0. The molecule has 0 rings (SSSR count). The summed E-state index contributed by atoms with van der Waals surface area (Å²) in [6.07, 6.45) is 25.1. The average Bonchev–Trinajstić information content (AvgIpc) is 2.71. The van der Waals surface area contributed by atoms with Crippen LogP contribution in [-0.2, 0) is 4.79 Å². The van der Waals surface area contributed by atoms with Crippen LogP contribution in [0.25, 0.3) is 0 Å². The van der Waals surface area contributed by atoms with Crippen LogP contribution >= 0.6 is 0 Å². The number of aliphatic carboxylic acids is 1. The Labute approximate surface area is 186 Å². The van der Waals surface area contributed by atoms with Crippen molar-refractivity contribution in [3.63, 3.8) is 0 Å². The molecule has 0 aromatic carbocycles. The molecule has 0 aliphatic rings. The monoisotopic (exact) mass is 429 g/mol. The molecular formula is C25H51NO4. The van der Waals surface area contributed by atoms with Gasteiger partial charge in [-0.15, -0.1) is 0 Å². The van der Waals surface area contributed by atoms with E-state index < -0.39 is 18.4 Å². The molecule has 5 nitrogen and oxygen atoms in total. The average molecular weight is 430 g/mol. The maximum Gasteiger partial charge on any atom is 0.320 e. The third kappa shape index (κ3) is 22.0. The Hall–Kier alpha value is -0.650. The van der Waals surface area contributed by atoms with Crippen LogP contribution in [0.5, 0.6) is 0 Å². The number of carboxylic acids is 1. The topological polar surface area (TPSA) is 89.8 Å². The Morgan fingerprint density at radius 1 is 0.600 bits per heavy atom. The zero-order valence-corrected chi connectivity index (χ0v) is 19.8. The van der Waals surface area contributed by atoms with Crippen LogP contribution < -0.4 is 5.32 Å². The predicted octanol–water partition coefficient (Wildman–Crippen LogP) is 6.51. The molecule has 0 aromatic heterocycles. The summed E-state index contributed by atoms with van der Waals surface area (Å²) in [5.41, 5.74) is 0. The lowest BCUT2D eigenvalue weighted by atomic mass is 10.0. The summed E-state index contributed by atoms with van der Waals surface area (Å²) >= 11 is 0. The zero-order chi connectivity index (χ0) is 22.3. The highest BCUT2D eigenvalue weighted by atomic mass is 16.5. The molecule has 0 aliphatic carbocycles. The fourth-order valence-corrected chi connectivity index (χ4v) is 4.06. The number of aliphatic hydroxyl groups is 2. The van der Waals surface area contributed by atoms with Crippen LogP contribution in [0.15, 0.2) is 0 Å². The minimum Gasteiger partial charge on any atom is -0.480 e. The first-order chi connectivity index (χ1) is 14.6. The van der Waals surface area contributed by atoms with Gasteiger partial charge in [-0.3, -0.25) is 10.1 Å². The number of carboxylic acid groups (broad SMARTS) is 1. The molecule has 0 bridgehead atoms. The van der Waals surface area contributed by atoms with Crippen molar-refractivity contribution in [2.75, 3.05) is 0 Å². The molecule has 5 heteroatoms. The van der Waals surface area contributed by atoms with Gasteiger partial charge in [0.15, 0.2) is 0 Å². The summed E-state index contributed by atoms with van der Waals surface area (Å²) in [4.78, 5) is 11.0. The highest BCUT2D eigenvalue weighted by Crippen LogP contribution is 2.15. The first kappa shape index (κ1) is 29.4. The standard InChI is InChI=1S/C25H51NO4/c1-2-3-4-5-6-7-8-9-10-11-12-13-14-15-16-17-18-19-20-21-22-23(24(27)28)26-25(29)30/h23,25-26,29-30H,2-22H2,1H3,(H,27,28). The van der Waals surface area contributed by atoms with Crippen LogP contribution in [0.4, 0.5) is 0 Å². The second-order valence-corrected chi connectivity index (χ2v) is 8.94. The van der Waals surface area contributed by atoms with E-state index in [4.69, 9.17) is 15.3 Å². The van der Waals surface area contributed by atoms with Crippen LogP contribution in [0.3, 0.4) is 0 Å². The molecule has 30 heavy (non-hydrogen) atoms. The van der Waals surface area contributed by atoms with Crippen molar-refractivity contribution in [3.8, 4) is 0 Å². The molecule has 180 valence electrons. The number of nitrogens with one attached hydrogen (secondary N) is 1. The second kappa shape index (κ2) is 23.0. The quantitative estimate of drug-likeness (QED) is 0.104. The molecule has 0 heterocycles. The van der Waals surface area contributed by atoms with Crippen LogP contribution in [0.2, 0.25) is 0 Å². The van der Waals surface area contributed by atoms with Gasteiger partial charge in [-0.05, 0) is 6.42 Å². The number of unbranched alkanes of at least 4 members (excludes halogenated alkanes) is 19. The van der Waals surface area contributed by atoms with Crippen molar-refractivity contribution >= 4 is 5.97 Å². The third-order valence-corrected chi connectivity index (χ3v) is 5.99. The van der Waals surface area contributed by atoms with E-state index in [2.05, 4.69) is 12.2 Å². The second-order valence-electron chi connectivity index (χ2n) is 8.94. The van der Waals surface area contributed by atoms with E-state index in [-0.39, 0.29) is 0 Å². The number of hydrogen-bond acceptors (Lipinski definition) is 4. The Morgan fingerprint density at radius 2 is 0.900 bits per heavy atom. The van der Waals surface area contributed by atoms with E-state index in [1.807, 2.05) is 0 Å². The fourth-order valence-electron chi connectivity index (χ4n) is 4.06. The van der Waals surface area contributed by atoms with Crippen LogP contribution in [0.1, 0.15) is 142 Å². The minimum absolute atomic E-state index is 0.436. The SMILES string of the molecule is CCCCCCCCCCCCCCCCCCCCCCC(NC(O)O)C(=O)O. The molecule has 4 N–H and O–H groups in total. The number of rotatable bonds is 24. The highest BCUT2D eigenvalue weighted by Gasteiger charge is 2.18. The highest BCUT2D eigenvalue weighted by molar-refractivity contribution is 5.73. The van der Waals surface area contributed by atoms with Crippen molar-refractivity contribution < 1.29 is 20.1 Å². The van der Waals surface area contributed by atoms with Gasteiger partial charge in [0.2, 0.25) is 6.41 Å². The van der Waals surface area contributed by atoms with Gasteiger partial charge in [0.1, 0.15) is 6.04 Å². The molecule has 0 saturated heterocycles. The summed E-state index contributed by atoms with van der Waals surface area (Å²) in [6.45, 7) is 2.28. The van der Waals surface area contributed by atoms with E-state index in [9.17, 15) is 4.79 Å². The molecular weight excluding hydrogens is 378 g/mol. The molecule has 1 unspecified atom stereocenters. The van der Waals surface area contributed by atoms with E-state index >= 15 is 0 Å². The van der Waals surface area contributed by atoms with Gasteiger partial charge in [0.05, 0.1) is 0 Å². The van der Waals surface area contributed by atoms with Gasteiger partial charge in [-0.2, -0.15) is 0 Å². The summed E-state index contributed by atoms with van der Waals surface area (Å²) in [6, 6.07) is -0.874. The van der Waals surface area contributed by atoms with Gasteiger partial charge in [-0.25, -0.2) is 0 Å². The van der Waals surface area contributed by atoms with Crippen molar-refractivity contribution in [3.05, 3.63) is 0 Å². The van der Waals surface area contributed by atoms with Gasteiger partial charge in [0, 0.05) is 0 Å². The van der Waals surface area contributed by atoms with Gasteiger partial charge < -0.3 is 15.3 Å². The lowest BCUT2D eigenvalue weighted by molar-refractivity contribution is -0.145. The molecule has 0 amide bonds. The Bertz CT molecular complexity index is 363. The largest absolute Gasteiger partial charge is 0.480 e. The maximum absolute atomic E-state index is 11.0. The van der Waals surface area contributed by atoms with Gasteiger partial charge >= 0.3 is 5.97 Å². The molecule has 0 spiro atoms. The summed E-state index contributed by atoms with van der Waals surface area (Å²) in [5, 5.41) is 28.9. The predicted molar refractivity (Wildman–Crippen MR) is 125 cm³/mol. The zero-order valence-electron chi connectivity index (χ0n) is 19.8. The van der Waals surface area contributed by atoms with E-state index in [0.717, 1.165) is 19.3 Å².